The Morgan fingerprint density at radius 2 is 1.70 bits per heavy atom. The van der Waals surface area contributed by atoms with E-state index in [-0.39, 0.29) is 11.3 Å². The van der Waals surface area contributed by atoms with Crippen LogP contribution in [0.3, 0.4) is 0 Å². The summed E-state index contributed by atoms with van der Waals surface area (Å²) in [6, 6.07) is 14.6. The zero-order chi connectivity index (χ0) is 19.6. The number of ether oxygens (including phenoxy) is 1. The number of imide groups is 1. The Bertz CT molecular complexity index is 977. The second-order valence-electron chi connectivity index (χ2n) is 5.61. The van der Waals surface area contributed by atoms with E-state index in [0.29, 0.717) is 10.6 Å². The van der Waals surface area contributed by atoms with Gasteiger partial charge in [0.05, 0.1) is 12.8 Å². The number of methoxy groups -OCH3 is 1. The molecule has 3 rings (SSSR count). The van der Waals surface area contributed by atoms with Crippen molar-refractivity contribution in [1.82, 2.24) is 4.90 Å². The molecule has 7 heteroatoms. The number of aliphatic hydroxyl groups is 1. The number of nitrogens with zero attached hydrogens (tertiary/aromatic N) is 1. The highest BCUT2D eigenvalue weighted by Crippen LogP contribution is 2.32. The van der Waals surface area contributed by atoms with Crippen molar-refractivity contribution in [2.24, 2.45) is 0 Å². The SMILES string of the molecule is COC(=O)C1=C(O)/C(=C\c2ccc(Cl)cc2)N(C(=O)c2ccccc2)C1=O. The maximum Gasteiger partial charge on any atom is 0.347 e. The number of aliphatic hydroxyl groups excluding tert-OH is 1. The number of carbonyl (C=O) groups excluding carboxylic acids is 3. The molecule has 0 aromatic heterocycles. The molecule has 0 bridgehead atoms. The van der Waals surface area contributed by atoms with Crippen molar-refractivity contribution in [2.75, 3.05) is 7.11 Å². The fraction of sp³-hybridized carbons (Fsp3) is 0.0500. The van der Waals surface area contributed by atoms with Crippen LogP contribution in [0.5, 0.6) is 0 Å². The first-order valence-corrected chi connectivity index (χ1v) is 8.25. The molecule has 0 fully saturated rings. The van der Waals surface area contributed by atoms with E-state index < -0.39 is 29.1 Å². The van der Waals surface area contributed by atoms with Gasteiger partial charge in [0.25, 0.3) is 11.8 Å². The van der Waals surface area contributed by atoms with Crippen LogP contribution in [0.4, 0.5) is 0 Å². The zero-order valence-corrected chi connectivity index (χ0v) is 14.9. The molecular formula is C20H14ClNO5. The largest absolute Gasteiger partial charge is 0.505 e. The molecule has 0 unspecified atom stereocenters. The van der Waals surface area contributed by atoms with E-state index in [1.54, 1.807) is 42.5 Å². The Balaban J connectivity index is 2.12. The summed E-state index contributed by atoms with van der Waals surface area (Å²) in [6.45, 7) is 0. The van der Waals surface area contributed by atoms with Crippen LogP contribution in [0, 0.1) is 0 Å². The number of amides is 2. The number of benzene rings is 2. The van der Waals surface area contributed by atoms with Gasteiger partial charge in [0.15, 0.2) is 11.3 Å². The molecular weight excluding hydrogens is 370 g/mol. The molecule has 1 aliphatic rings. The maximum atomic E-state index is 12.9. The normalized spacial score (nSPS) is 15.4. The van der Waals surface area contributed by atoms with Crippen LogP contribution in [-0.2, 0) is 14.3 Å². The zero-order valence-electron chi connectivity index (χ0n) is 14.2. The quantitative estimate of drug-likeness (QED) is 0.499. The molecule has 0 aliphatic carbocycles. The summed E-state index contributed by atoms with van der Waals surface area (Å²) in [7, 11) is 1.08. The first-order valence-electron chi connectivity index (χ1n) is 7.87. The van der Waals surface area contributed by atoms with E-state index in [0.717, 1.165) is 12.0 Å². The Kier molecular flexibility index (Phi) is 5.09. The molecule has 1 N–H and O–H groups in total. The summed E-state index contributed by atoms with van der Waals surface area (Å²) in [4.78, 5) is 38.3. The van der Waals surface area contributed by atoms with Crippen LogP contribution >= 0.6 is 11.6 Å². The molecule has 0 spiro atoms. The highest BCUT2D eigenvalue weighted by molar-refractivity contribution is 6.30. The highest BCUT2D eigenvalue weighted by Gasteiger charge is 2.43. The van der Waals surface area contributed by atoms with Gasteiger partial charge in [-0.15, -0.1) is 0 Å². The molecule has 136 valence electrons. The number of rotatable bonds is 3. The number of carbonyl (C=O) groups is 3. The average Bonchev–Trinajstić information content (AvgIpc) is 2.93. The predicted molar refractivity (Wildman–Crippen MR) is 98.7 cm³/mol. The molecule has 0 radical (unpaired) electrons. The van der Waals surface area contributed by atoms with E-state index in [1.807, 2.05) is 0 Å². The lowest BCUT2D eigenvalue weighted by Gasteiger charge is -2.17. The van der Waals surface area contributed by atoms with Gasteiger partial charge in [-0.3, -0.25) is 9.59 Å². The fourth-order valence-electron chi connectivity index (χ4n) is 2.60. The topological polar surface area (TPSA) is 83.9 Å². The first kappa shape index (κ1) is 18.4. The van der Waals surface area contributed by atoms with Crippen molar-refractivity contribution in [3.05, 3.63) is 87.8 Å². The van der Waals surface area contributed by atoms with Crippen molar-refractivity contribution in [3.63, 3.8) is 0 Å². The van der Waals surface area contributed by atoms with Crippen LogP contribution < -0.4 is 0 Å². The molecule has 1 heterocycles. The summed E-state index contributed by atoms with van der Waals surface area (Å²) < 4.78 is 4.56. The van der Waals surface area contributed by atoms with E-state index in [4.69, 9.17) is 11.6 Å². The predicted octanol–water partition coefficient (Wildman–Crippen LogP) is 3.35. The van der Waals surface area contributed by atoms with Crippen LogP contribution in [0.1, 0.15) is 15.9 Å². The van der Waals surface area contributed by atoms with E-state index >= 15 is 0 Å². The Labute approximate surface area is 159 Å². The minimum atomic E-state index is -1.03. The molecule has 0 saturated carbocycles. The molecule has 0 atom stereocenters. The van der Waals surface area contributed by atoms with Gasteiger partial charge in [-0.05, 0) is 35.9 Å². The van der Waals surface area contributed by atoms with Crippen LogP contribution in [0.2, 0.25) is 5.02 Å². The van der Waals surface area contributed by atoms with Crippen LogP contribution in [0.15, 0.2) is 71.6 Å². The number of hydrogen-bond donors (Lipinski definition) is 1. The Morgan fingerprint density at radius 1 is 1.07 bits per heavy atom. The molecule has 0 saturated heterocycles. The van der Waals surface area contributed by atoms with Crippen molar-refractivity contribution in [1.29, 1.82) is 0 Å². The van der Waals surface area contributed by atoms with Gasteiger partial charge in [0, 0.05) is 10.6 Å². The summed E-state index contributed by atoms with van der Waals surface area (Å²) in [6.07, 6.45) is 1.42. The number of hydrogen-bond acceptors (Lipinski definition) is 5. The summed E-state index contributed by atoms with van der Waals surface area (Å²) >= 11 is 5.86. The lowest BCUT2D eigenvalue weighted by Crippen LogP contribution is -2.34. The van der Waals surface area contributed by atoms with Crippen molar-refractivity contribution >= 4 is 35.5 Å². The number of halogens is 1. The second kappa shape index (κ2) is 7.47. The van der Waals surface area contributed by atoms with Gasteiger partial charge < -0.3 is 9.84 Å². The molecule has 1 aliphatic heterocycles. The third-order valence-electron chi connectivity index (χ3n) is 3.92. The van der Waals surface area contributed by atoms with Gasteiger partial charge >= 0.3 is 5.97 Å². The lowest BCUT2D eigenvalue weighted by atomic mass is 10.1. The van der Waals surface area contributed by atoms with Crippen molar-refractivity contribution < 1.29 is 24.2 Å². The maximum absolute atomic E-state index is 12.9. The lowest BCUT2D eigenvalue weighted by molar-refractivity contribution is -0.138. The number of esters is 1. The average molecular weight is 384 g/mol. The van der Waals surface area contributed by atoms with E-state index in [9.17, 15) is 19.5 Å². The highest BCUT2D eigenvalue weighted by atomic mass is 35.5. The van der Waals surface area contributed by atoms with Gasteiger partial charge in [0.1, 0.15) is 0 Å². The molecule has 2 amide bonds. The smallest absolute Gasteiger partial charge is 0.347 e. The molecule has 27 heavy (non-hydrogen) atoms. The van der Waals surface area contributed by atoms with Gasteiger partial charge in [-0.1, -0.05) is 41.9 Å². The summed E-state index contributed by atoms with van der Waals surface area (Å²) in [5.74, 6) is -3.27. The van der Waals surface area contributed by atoms with Gasteiger partial charge in [-0.25, -0.2) is 9.69 Å². The first-order chi connectivity index (χ1) is 12.9. The molecule has 6 nitrogen and oxygen atoms in total. The third-order valence-corrected chi connectivity index (χ3v) is 4.18. The van der Waals surface area contributed by atoms with Gasteiger partial charge in [0.2, 0.25) is 0 Å². The fourth-order valence-corrected chi connectivity index (χ4v) is 2.73. The second-order valence-corrected chi connectivity index (χ2v) is 6.04. The van der Waals surface area contributed by atoms with E-state index in [1.165, 1.54) is 18.2 Å². The third kappa shape index (κ3) is 3.47. The minimum absolute atomic E-state index is 0.114. The monoisotopic (exact) mass is 383 g/mol. The molecule has 2 aromatic carbocycles. The van der Waals surface area contributed by atoms with E-state index in [2.05, 4.69) is 4.74 Å². The Hall–Kier alpha value is -3.38. The minimum Gasteiger partial charge on any atom is -0.505 e. The Morgan fingerprint density at radius 3 is 2.30 bits per heavy atom. The summed E-state index contributed by atoms with van der Waals surface area (Å²) in [5, 5.41) is 11.0. The summed E-state index contributed by atoms with van der Waals surface area (Å²) in [5.41, 5.74) is 0.0936. The standard InChI is InChI=1S/C20H14ClNO5/c1-27-20(26)16-17(23)15(11-12-7-9-14(21)10-8-12)22(19(16)25)18(24)13-5-3-2-4-6-13/h2-11,23H,1H3/b15-11+. The molecule has 2 aromatic rings. The van der Waals surface area contributed by atoms with Gasteiger partial charge in [-0.2, -0.15) is 0 Å². The van der Waals surface area contributed by atoms with Crippen LogP contribution in [0.25, 0.3) is 6.08 Å². The van der Waals surface area contributed by atoms with Crippen molar-refractivity contribution in [2.45, 2.75) is 0 Å². The van der Waals surface area contributed by atoms with Crippen molar-refractivity contribution in [3.8, 4) is 0 Å². The van der Waals surface area contributed by atoms with Crippen LogP contribution in [-0.4, -0.2) is 34.9 Å².